The fourth-order valence-corrected chi connectivity index (χ4v) is 1.40. The number of likely N-dealkylation sites (N-methyl/N-ethyl adjacent to an activating group) is 1. The fourth-order valence-electron chi connectivity index (χ4n) is 1.40. The molecule has 1 unspecified atom stereocenters. The molecule has 1 N–H and O–H groups in total. The molecule has 0 aliphatic heterocycles. The summed E-state index contributed by atoms with van der Waals surface area (Å²) in [7, 11) is 3.33. The maximum absolute atomic E-state index is 12.9. The predicted octanol–water partition coefficient (Wildman–Crippen LogP) is 1.53. The van der Waals surface area contributed by atoms with Crippen LogP contribution in [0.3, 0.4) is 0 Å². The SMILES string of the molecule is CC(NCc1ccc(F)c(F)c1)C(=O)N(C)C. The van der Waals surface area contributed by atoms with Crippen molar-refractivity contribution in [2.75, 3.05) is 14.1 Å². The van der Waals surface area contributed by atoms with Crippen LogP contribution in [0.4, 0.5) is 8.78 Å². The molecule has 0 aliphatic rings. The number of benzene rings is 1. The van der Waals surface area contributed by atoms with Gasteiger partial charge in [-0.2, -0.15) is 0 Å². The Morgan fingerprint density at radius 3 is 2.53 bits per heavy atom. The normalized spacial score (nSPS) is 12.3. The largest absolute Gasteiger partial charge is 0.347 e. The van der Waals surface area contributed by atoms with E-state index in [-0.39, 0.29) is 11.9 Å². The highest BCUT2D eigenvalue weighted by Crippen LogP contribution is 2.08. The summed E-state index contributed by atoms with van der Waals surface area (Å²) in [6, 6.07) is 3.32. The van der Waals surface area contributed by atoms with Crippen molar-refractivity contribution in [3.05, 3.63) is 35.4 Å². The van der Waals surface area contributed by atoms with Crippen molar-refractivity contribution in [1.29, 1.82) is 0 Å². The second kappa shape index (κ2) is 5.72. The molecular formula is C12H16F2N2O. The molecule has 0 radical (unpaired) electrons. The van der Waals surface area contributed by atoms with Gasteiger partial charge in [-0.05, 0) is 24.6 Å². The van der Waals surface area contributed by atoms with Gasteiger partial charge in [0.15, 0.2) is 11.6 Å². The molecule has 1 atom stereocenters. The van der Waals surface area contributed by atoms with Crippen LogP contribution < -0.4 is 5.32 Å². The van der Waals surface area contributed by atoms with Gasteiger partial charge in [-0.3, -0.25) is 4.79 Å². The Hall–Kier alpha value is -1.49. The lowest BCUT2D eigenvalue weighted by atomic mass is 10.2. The van der Waals surface area contributed by atoms with E-state index in [4.69, 9.17) is 0 Å². The smallest absolute Gasteiger partial charge is 0.238 e. The minimum atomic E-state index is -0.879. The van der Waals surface area contributed by atoms with Crippen LogP contribution in [0.15, 0.2) is 18.2 Å². The van der Waals surface area contributed by atoms with Crippen LogP contribution in [0.1, 0.15) is 12.5 Å². The number of nitrogens with zero attached hydrogens (tertiary/aromatic N) is 1. The molecule has 1 aromatic rings. The molecular weight excluding hydrogens is 226 g/mol. The number of carbonyl (C=O) groups is 1. The lowest BCUT2D eigenvalue weighted by molar-refractivity contribution is -0.130. The first-order valence-electron chi connectivity index (χ1n) is 5.30. The number of amides is 1. The fraction of sp³-hybridized carbons (Fsp3) is 0.417. The first-order valence-corrected chi connectivity index (χ1v) is 5.30. The van der Waals surface area contributed by atoms with E-state index in [0.717, 1.165) is 12.1 Å². The molecule has 0 saturated heterocycles. The number of carbonyl (C=O) groups excluding carboxylic acids is 1. The van der Waals surface area contributed by atoms with Crippen molar-refractivity contribution in [1.82, 2.24) is 10.2 Å². The first kappa shape index (κ1) is 13.6. The average Bonchev–Trinajstić information content (AvgIpc) is 2.29. The Kier molecular flexibility index (Phi) is 4.57. The standard InChI is InChI=1S/C12H16F2N2O/c1-8(12(17)16(2)3)15-7-9-4-5-10(13)11(14)6-9/h4-6,8,15H,7H2,1-3H3. The van der Waals surface area contributed by atoms with Gasteiger partial charge in [0.05, 0.1) is 6.04 Å². The van der Waals surface area contributed by atoms with Gasteiger partial charge in [0, 0.05) is 20.6 Å². The molecule has 0 heterocycles. The molecule has 3 nitrogen and oxygen atoms in total. The first-order chi connectivity index (χ1) is 7.91. The van der Waals surface area contributed by atoms with Gasteiger partial charge in [-0.1, -0.05) is 6.07 Å². The Bertz CT molecular complexity index is 407. The van der Waals surface area contributed by atoms with Crippen molar-refractivity contribution in [3.8, 4) is 0 Å². The zero-order valence-electron chi connectivity index (χ0n) is 10.1. The van der Waals surface area contributed by atoms with E-state index in [1.54, 1.807) is 21.0 Å². The van der Waals surface area contributed by atoms with Crippen LogP contribution in [0.25, 0.3) is 0 Å². The highest BCUT2D eigenvalue weighted by Gasteiger charge is 2.13. The molecule has 1 aromatic carbocycles. The van der Waals surface area contributed by atoms with E-state index >= 15 is 0 Å². The number of halogens is 2. The van der Waals surface area contributed by atoms with E-state index in [1.807, 2.05) is 0 Å². The molecule has 0 aliphatic carbocycles. The summed E-state index contributed by atoms with van der Waals surface area (Å²) >= 11 is 0. The molecule has 0 fully saturated rings. The van der Waals surface area contributed by atoms with E-state index < -0.39 is 11.6 Å². The second-order valence-corrected chi connectivity index (χ2v) is 4.08. The summed E-state index contributed by atoms with van der Waals surface area (Å²) in [4.78, 5) is 13.0. The van der Waals surface area contributed by atoms with Crippen LogP contribution in [-0.4, -0.2) is 30.9 Å². The predicted molar refractivity (Wildman–Crippen MR) is 61.4 cm³/mol. The van der Waals surface area contributed by atoms with Gasteiger partial charge in [0.2, 0.25) is 5.91 Å². The lowest BCUT2D eigenvalue weighted by Gasteiger charge is -2.18. The summed E-state index contributed by atoms with van der Waals surface area (Å²) in [5, 5.41) is 2.95. The molecule has 17 heavy (non-hydrogen) atoms. The van der Waals surface area contributed by atoms with Gasteiger partial charge in [0.25, 0.3) is 0 Å². The molecule has 0 bridgehead atoms. The summed E-state index contributed by atoms with van der Waals surface area (Å²) < 4.78 is 25.6. The molecule has 0 aromatic heterocycles. The van der Waals surface area contributed by atoms with E-state index in [0.29, 0.717) is 12.1 Å². The van der Waals surface area contributed by atoms with E-state index in [1.165, 1.54) is 11.0 Å². The maximum Gasteiger partial charge on any atom is 0.238 e. The average molecular weight is 242 g/mol. The zero-order valence-corrected chi connectivity index (χ0v) is 10.1. The van der Waals surface area contributed by atoms with Gasteiger partial charge in [-0.25, -0.2) is 8.78 Å². The third-order valence-corrected chi connectivity index (χ3v) is 2.41. The molecule has 0 saturated carbocycles. The van der Waals surface area contributed by atoms with Crippen molar-refractivity contribution in [2.45, 2.75) is 19.5 Å². The van der Waals surface area contributed by atoms with Crippen molar-refractivity contribution < 1.29 is 13.6 Å². The summed E-state index contributed by atoms with van der Waals surface area (Å²) in [5.74, 6) is -1.81. The molecule has 94 valence electrons. The lowest BCUT2D eigenvalue weighted by Crippen LogP contribution is -2.41. The molecule has 1 amide bonds. The molecule has 1 rings (SSSR count). The second-order valence-electron chi connectivity index (χ2n) is 4.08. The van der Waals surface area contributed by atoms with Crippen LogP contribution in [0, 0.1) is 11.6 Å². The number of rotatable bonds is 4. The number of nitrogens with one attached hydrogen (secondary N) is 1. The maximum atomic E-state index is 12.9. The van der Waals surface area contributed by atoms with Gasteiger partial charge < -0.3 is 10.2 Å². The van der Waals surface area contributed by atoms with Crippen LogP contribution in [-0.2, 0) is 11.3 Å². The number of hydrogen-bond acceptors (Lipinski definition) is 2. The minimum Gasteiger partial charge on any atom is -0.347 e. The minimum absolute atomic E-state index is 0.0624. The van der Waals surface area contributed by atoms with Crippen molar-refractivity contribution >= 4 is 5.91 Å². The van der Waals surface area contributed by atoms with Crippen LogP contribution in [0.2, 0.25) is 0 Å². The van der Waals surface area contributed by atoms with E-state index in [9.17, 15) is 13.6 Å². The molecule has 0 spiro atoms. The van der Waals surface area contributed by atoms with Crippen LogP contribution >= 0.6 is 0 Å². The summed E-state index contributed by atoms with van der Waals surface area (Å²) in [6.07, 6.45) is 0. The topological polar surface area (TPSA) is 32.3 Å². The van der Waals surface area contributed by atoms with Gasteiger partial charge in [0.1, 0.15) is 0 Å². The number of hydrogen-bond donors (Lipinski definition) is 1. The zero-order chi connectivity index (χ0) is 13.0. The highest BCUT2D eigenvalue weighted by molar-refractivity contribution is 5.80. The third-order valence-electron chi connectivity index (χ3n) is 2.41. The summed E-state index contributed by atoms with van der Waals surface area (Å²) in [5.41, 5.74) is 0.599. The molecule has 5 heteroatoms. The van der Waals surface area contributed by atoms with Gasteiger partial charge >= 0.3 is 0 Å². The Labute approximate surface area is 99.4 Å². The quantitative estimate of drug-likeness (QED) is 0.868. The van der Waals surface area contributed by atoms with Crippen molar-refractivity contribution in [2.24, 2.45) is 0 Å². The van der Waals surface area contributed by atoms with E-state index in [2.05, 4.69) is 5.32 Å². The van der Waals surface area contributed by atoms with Crippen LogP contribution in [0.5, 0.6) is 0 Å². The van der Waals surface area contributed by atoms with Crippen molar-refractivity contribution in [3.63, 3.8) is 0 Å². The summed E-state index contributed by atoms with van der Waals surface area (Å²) in [6.45, 7) is 2.04. The monoisotopic (exact) mass is 242 g/mol. The third kappa shape index (κ3) is 3.78. The highest BCUT2D eigenvalue weighted by atomic mass is 19.2. The Morgan fingerprint density at radius 1 is 1.35 bits per heavy atom. The Morgan fingerprint density at radius 2 is 2.00 bits per heavy atom. The van der Waals surface area contributed by atoms with Gasteiger partial charge in [-0.15, -0.1) is 0 Å². The Balaban J connectivity index is 2.56.